The van der Waals surface area contributed by atoms with E-state index in [1.807, 2.05) is 0 Å². The number of rotatable bonds is 21. The van der Waals surface area contributed by atoms with Crippen molar-refractivity contribution >= 4 is 0 Å². The molecule has 0 N–H and O–H groups in total. The molecule has 4 aromatic rings. The molecule has 0 heterocycles. The third-order valence-corrected chi connectivity index (χ3v) is 10.2. The lowest BCUT2D eigenvalue weighted by Crippen LogP contribution is -2.01. The number of unbranched alkanes of at least 4 members (excludes halogenated alkanes) is 6. The highest BCUT2D eigenvalue weighted by Crippen LogP contribution is 2.36. The normalized spacial score (nSPS) is 11.4. The fraction of sp³-hybridized carbons (Fsp3) is 0.500. The Morgan fingerprint density at radius 2 is 0.521 bits per heavy atom. The molecule has 0 atom stereocenters. The van der Waals surface area contributed by atoms with Gasteiger partial charge in [0, 0.05) is 0 Å². The van der Waals surface area contributed by atoms with Crippen molar-refractivity contribution in [1.29, 1.82) is 0 Å². The summed E-state index contributed by atoms with van der Waals surface area (Å²) in [6.07, 6.45) is 22.1. The van der Waals surface area contributed by atoms with Crippen LogP contribution in [0.15, 0.2) is 72.8 Å². The van der Waals surface area contributed by atoms with Crippen LogP contribution in [0.2, 0.25) is 0 Å². The van der Waals surface area contributed by atoms with Gasteiger partial charge in [0.05, 0.1) is 0 Å². The predicted octanol–water partition coefficient (Wildman–Crippen LogP) is 14.7. The largest absolute Gasteiger partial charge is 0.0654 e. The van der Waals surface area contributed by atoms with Crippen LogP contribution in [-0.2, 0) is 38.5 Å². The molecule has 0 amide bonds. The Hall–Kier alpha value is -3.12. The van der Waals surface area contributed by atoms with E-state index in [1.54, 1.807) is 33.4 Å². The minimum Gasteiger partial charge on any atom is -0.0654 e. The minimum atomic E-state index is 1.17. The van der Waals surface area contributed by atoms with E-state index in [1.165, 1.54) is 149 Å². The van der Waals surface area contributed by atoms with Gasteiger partial charge in [-0.25, -0.2) is 0 Å². The highest BCUT2D eigenvalue weighted by Gasteiger charge is 2.16. The summed E-state index contributed by atoms with van der Waals surface area (Å²) in [6, 6.07) is 29.2. The first-order chi connectivity index (χ1) is 23.6. The van der Waals surface area contributed by atoms with Crippen molar-refractivity contribution in [1.82, 2.24) is 0 Å². The van der Waals surface area contributed by atoms with Crippen LogP contribution in [0.5, 0.6) is 0 Å². The molecule has 0 aromatic heterocycles. The highest BCUT2D eigenvalue weighted by molar-refractivity contribution is 5.78. The second kappa shape index (κ2) is 20.4. The molecule has 0 unspecified atom stereocenters. The van der Waals surface area contributed by atoms with Crippen molar-refractivity contribution in [3.63, 3.8) is 0 Å². The van der Waals surface area contributed by atoms with E-state index in [2.05, 4.69) is 114 Å². The van der Waals surface area contributed by atoms with E-state index in [0.29, 0.717) is 0 Å². The maximum Gasteiger partial charge on any atom is -0.0120 e. The quantitative estimate of drug-likeness (QED) is 0.0848. The Balaban J connectivity index is 1.68. The van der Waals surface area contributed by atoms with E-state index in [0.717, 1.165) is 0 Å². The molecule has 4 rings (SSSR count). The highest BCUT2D eigenvalue weighted by atomic mass is 14.2. The summed E-state index contributed by atoms with van der Waals surface area (Å²) in [5, 5.41) is 0. The van der Waals surface area contributed by atoms with Crippen molar-refractivity contribution in [2.24, 2.45) is 0 Å². The average molecular weight is 643 g/mol. The van der Waals surface area contributed by atoms with Crippen LogP contribution in [0.1, 0.15) is 152 Å². The first-order valence-electron chi connectivity index (χ1n) is 20.1. The van der Waals surface area contributed by atoms with Gasteiger partial charge in [-0.15, -0.1) is 0 Å². The second-order valence-corrected chi connectivity index (χ2v) is 14.4. The maximum atomic E-state index is 2.54. The van der Waals surface area contributed by atoms with Gasteiger partial charge in [0.2, 0.25) is 0 Å². The lowest BCUT2D eigenvalue weighted by Gasteiger charge is -2.19. The molecule has 0 bridgehead atoms. The van der Waals surface area contributed by atoms with Crippen molar-refractivity contribution in [3.8, 4) is 33.4 Å². The van der Waals surface area contributed by atoms with Crippen LogP contribution in [0.4, 0.5) is 0 Å². The molecular weight excluding hydrogens is 577 g/mol. The Morgan fingerprint density at radius 3 is 0.771 bits per heavy atom. The Kier molecular flexibility index (Phi) is 16.0. The molecule has 0 nitrogen and oxygen atoms in total. The number of hydrogen-bond acceptors (Lipinski definition) is 0. The Morgan fingerprint density at radius 1 is 0.292 bits per heavy atom. The zero-order chi connectivity index (χ0) is 34.1. The standard InChI is InChI=1S/C48H66/c1-7-13-19-37-33-43(21-15-9-3)47(44(34-37)22-16-10-4)41-29-25-39(26-30-41)40-27-31-42(32-28-40)48-45(23-17-11-5)35-38(20-14-8-2)36-46(48)24-18-12-6/h25-36H,7-24H2,1-6H3. The van der Waals surface area contributed by atoms with Crippen LogP contribution < -0.4 is 0 Å². The fourth-order valence-corrected chi connectivity index (χ4v) is 7.39. The van der Waals surface area contributed by atoms with Crippen LogP contribution >= 0.6 is 0 Å². The van der Waals surface area contributed by atoms with Gasteiger partial charge in [0.25, 0.3) is 0 Å². The molecule has 0 heteroatoms. The van der Waals surface area contributed by atoms with E-state index >= 15 is 0 Å². The first-order valence-corrected chi connectivity index (χ1v) is 20.1. The van der Waals surface area contributed by atoms with Crippen LogP contribution in [0.25, 0.3) is 33.4 Å². The van der Waals surface area contributed by atoms with Crippen molar-refractivity contribution in [3.05, 3.63) is 106 Å². The van der Waals surface area contributed by atoms with Gasteiger partial charge in [-0.1, -0.05) is 153 Å². The van der Waals surface area contributed by atoms with E-state index < -0.39 is 0 Å². The van der Waals surface area contributed by atoms with Crippen LogP contribution in [0.3, 0.4) is 0 Å². The summed E-state index contributed by atoms with van der Waals surface area (Å²) in [6.45, 7) is 13.9. The van der Waals surface area contributed by atoms with Crippen molar-refractivity contribution < 1.29 is 0 Å². The van der Waals surface area contributed by atoms with Gasteiger partial charge in [-0.3, -0.25) is 0 Å². The summed E-state index contributed by atoms with van der Waals surface area (Å²) in [7, 11) is 0. The molecule has 0 aliphatic rings. The van der Waals surface area contributed by atoms with Crippen LogP contribution in [-0.4, -0.2) is 0 Å². The van der Waals surface area contributed by atoms with Gasteiger partial charge >= 0.3 is 0 Å². The number of aryl methyl sites for hydroxylation is 6. The maximum absolute atomic E-state index is 2.54. The monoisotopic (exact) mass is 643 g/mol. The summed E-state index contributed by atoms with van der Waals surface area (Å²) in [5.41, 5.74) is 17.8. The Bertz CT molecular complexity index is 1330. The Labute approximate surface area is 295 Å². The molecular formula is C48H66. The topological polar surface area (TPSA) is 0 Å². The van der Waals surface area contributed by atoms with Gasteiger partial charge in [-0.05, 0) is 144 Å². The molecule has 4 aromatic carbocycles. The average Bonchev–Trinajstić information content (AvgIpc) is 3.12. The van der Waals surface area contributed by atoms with Crippen molar-refractivity contribution in [2.45, 2.75) is 157 Å². The second-order valence-electron chi connectivity index (χ2n) is 14.4. The summed E-state index contributed by atoms with van der Waals surface area (Å²) in [4.78, 5) is 0. The zero-order valence-electron chi connectivity index (χ0n) is 31.7. The van der Waals surface area contributed by atoms with E-state index in [4.69, 9.17) is 0 Å². The molecule has 0 fully saturated rings. The fourth-order valence-electron chi connectivity index (χ4n) is 7.39. The number of benzene rings is 4. The number of hydrogen-bond donors (Lipinski definition) is 0. The minimum absolute atomic E-state index is 1.17. The smallest absolute Gasteiger partial charge is 0.0120 e. The van der Waals surface area contributed by atoms with Crippen molar-refractivity contribution in [2.75, 3.05) is 0 Å². The molecule has 0 saturated heterocycles. The van der Waals surface area contributed by atoms with Gasteiger partial charge in [0.15, 0.2) is 0 Å². The van der Waals surface area contributed by atoms with E-state index in [-0.39, 0.29) is 0 Å². The third kappa shape index (κ3) is 10.4. The van der Waals surface area contributed by atoms with Crippen LogP contribution in [0, 0.1) is 0 Å². The lowest BCUT2D eigenvalue weighted by atomic mass is 9.85. The van der Waals surface area contributed by atoms with E-state index in [9.17, 15) is 0 Å². The molecule has 0 aliphatic heterocycles. The molecule has 258 valence electrons. The summed E-state index contributed by atoms with van der Waals surface area (Å²) in [5.74, 6) is 0. The van der Waals surface area contributed by atoms with Gasteiger partial charge in [-0.2, -0.15) is 0 Å². The first kappa shape index (κ1) is 37.7. The molecule has 0 saturated carbocycles. The van der Waals surface area contributed by atoms with Gasteiger partial charge in [0.1, 0.15) is 0 Å². The molecule has 0 spiro atoms. The SMILES string of the molecule is CCCCc1cc(CCCC)c(-c2ccc(-c3ccc(-c4c(CCCC)cc(CCCC)cc4CCCC)cc3)cc2)c(CCCC)c1. The lowest BCUT2D eigenvalue weighted by molar-refractivity contribution is 0.768. The predicted molar refractivity (Wildman–Crippen MR) is 214 cm³/mol. The van der Waals surface area contributed by atoms with Gasteiger partial charge < -0.3 is 0 Å². The summed E-state index contributed by atoms with van der Waals surface area (Å²) < 4.78 is 0. The molecule has 48 heavy (non-hydrogen) atoms. The summed E-state index contributed by atoms with van der Waals surface area (Å²) >= 11 is 0. The zero-order valence-corrected chi connectivity index (χ0v) is 31.7. The molecule has 0 radical (unpaired) electrons. The molecule has 0 aliphatic carbocycles. The third-order valence-electron chi connectivity index (χ3n) is 10.2.